The molecule has 0 bridgehead atoms. The topological polar surface area (TPSA) is 124 Å². The van der Waals surface area contributed by atoms with Crippen LogP contribution in [0.2, 0.25) is 0 Å². The number of amides is 1. The van der Waals surface area contributed by atoms with Gasteiger partial charge in [0.05, 0.1) is 46.7 Å². The number of aromatic nitrogens is 3. The Morgan fingerprint density at radius 1 is 1.24 bits per heavy atom. The Morgan fingerprint density at radius 2 is 2.05 bits per heavy atom. The van der Waals surface area contributed by atoms with Crippen molar-refractivity contribution >= 4 is 35.2 Å². The van der Waals surface area contributed by atoms with Crippen molar-refractivity contribution in [3.8, 4) is 11.3 Å². The largest absolute Gasteiger partial charge is 0.483 e. The summed E-state index contributed by atoms with van der Waals surface area (Å²) >= 11 is 0. The summed E-state index contributed by atoms with van der Waals surface area (Å²) in [5, 5.41) is 13.3. The lowest BCUT2D eigenvalue weighted by Crippen LogP contribution is -2.44. The SMILES string of the molecule is CN(C)Cc1nc(Nc2ccc(-c3cnc4cc(F)ccn34)c3c2C(=O)NC3)ccc1N1CCOC2(CC2)C1.O=CO. The maximum atomic E-state index is 13.7. The molecule has 4 aromatic rings. The number of carbonyl (C=O) groups excluding carboxylic acids is 1. The van der Waals surface area contributed by atoms with E-state index in [1.165, 1.54) is 12.1 Å². The van der Waals surface area contributed by atoms with Crippen LogP contribution in [0.25, 0.3) is 16.9 Å². The van der Waals surface area contributed by atoms with Gasteiger partial charge in [-0.05, 0) is 56.8 Å². The number of hydrogen-bond acceptors (Lipinski definition) is 8. The molecule has 1 aliphatic carbocycles. The summed E-state index contributed by atoms with van der Waals surface area (Å²) < 4.78 is 21.6. The number of morpholine rings is 1. The van der Waals surface area contributed by atoms with E-state index >= 15 is 0 Å². The Hall–Kier alpha value is -4.55. The highest BCUT2D eigenvalue weighted by Crippen LogP contribution is 2.43. The second kappa shape index (κ2) is 11.0. The number of carbonyl (C=O) groups is 2. The van der Waals surface area contributed by atoms with Gasteiger partial charge in [0.15, 0.2) is 0 Å². The highest BCUT2D eigenvalue weighted by Gasteiger charge is 2.47. The number of ether oxygens (including phenoxy) is 1. The van der Waals surface area contributed by atoms with Crippen LogP contribution >= 0.6 is 0 Å². The molecule has 0 radical (unpaired) electrons. The summed E-state index contributed by atoms with van der Waals surface area (Å²) in [4.78, 5) is 35.2. The Bertz CT molecular complexity index is 1670. The Balaban J connectivity index is 0.00000101. The van der Waals surface area contributed by atoms with Gasteiger partial charge in [0.2, 0.25) is 0 Å². The number of hydrogen-bond donors (Lipinski definition) is 3. The van der Waals surface area contributed by atoms with Gasteiger partial charge in [0.1, 0.15) is 17.3 Å². The van der Waals surface area contributed by atoms with Crippen molar-refractivity contribution in [3.05, 3.63) is 71.4 Å². The zero-order valence-corrected chi connectivity index (χ0v) is 23.4. The van der Waals surface area contributed by atoms with E-state index in [1.54, 1.807) is 12.4 Å². The highest BCUT2D eigenvalue weighted by molar-refractivity contribution is 6.06. The molecule has 1 aromatic carbocycles. The maximum Gasteiger partial charge on any atom is 0.290 e. The molecule has 7 rings (SSSR count). The minimum Gasteiger partial charge on any atom is -0.483 e. The fraction of sp³-hybridized carbons (Fsp3) is 0.333. The van der Waals surface area contributed by atoms with E-state index in [9.17, 15) is 9.18 Å². The van der Waals surface area contributed by atoms with Crippen molar-refractivity contribution in [1.29, 1.82) is 0 Å². The minimum absolute atomic E-state index is 0.0230. The minimum atomic E-state index is -0.339. The first-order valence-electron chi connectivity index (χ1n) is 13.8. The van der Waals surface area contributed by atoms with Gasteiger partial charge in [-0.3, -0.25) is 14.0 Å². The summed E-state index contributed by atoms with van der Waals surface area (Å²) in [6, 6.07) is 10.8. The third-order valence-electron chi connectivity index (χ3n) is 7.79. The average molecular weight is 574 g/mol. The molecule has 0 unspecified atom stereocenters. The van der Waals surface area contributed by atoms with Gasteiger partial charge in [-0.15, -0.1) is 0 Å². The van der Waals surface area contributed by atoms with Gasteiger partial charge in [0, 0.05) is 44.0 Å². The fourth-order valence-electron chi connectivity index (χ4n) is 5.74. The monoisotopic (exact) mass is 573 g/mol. The zero-order chi connectivity index (χ0) is 29.4. The number of rotatable bonds is 6. The van der Waals surface area contributed by atoms with E-state index in [0.29, 0.717) is 35.8 Å². The average Bonchev–Trinajstić information content (AvgIpc) is 3.37. The number of pyridine rings is 2. The summed E-state index contributed by atoms with van der Waals surface area (Å²) in [6.07, 6.45) is 5.61. The zero-order valence-electron chi connectivity index (χ0n) is 23.4. The molecule has 1 saturated heterocycles. The Morgan fingerprint density at radius 3 is 2.81 bits per heavy atom. The molecule has 218 valence electrons. The lowest BCUT2D eigenvalue weighted by molar-refractivity contribution is -0.122. The molecular weight excluding hydrogens is 541 g/mol. The number of nitrogens with zero attached hydrogens (tertiary/aromatic N) is 5. The van der Waals surface area contributed by atoms with Crippen molar-refractivity contribution in [3.63, 3.8) is 0 Å². The first-order valence-corrected chi connectivity index (χ1v) is 13.8. The summed E-state index contributed by atoms with van der Waals surface area (Å²) in [5.74, 6) is 0.210. The molecule has 3 aliphatic rings. The van der Waals surface area contributed by atoms with Gasteiger partial charge < -0.3 is 30.3 Å². The van der Waals surface area contributed by atoms with Crippen LogP contribution in [0, 0.1) is 5.82 Å². The van der Waals surface area contributed by atoms with E-state index in [-0.39, 0.29) is 23.8 Å². The van der Waals surface area contributed by atoms with Crippen LogP contribution in [-0.4, -0.2) is 76.1 Å². The normalized spacial score (nSPS) is 16.7. The molecule has 1 spiro atoms. The lowest BCUT2D eigenvalue weighted by atomic mass is 9.99. The van der Waals surface area contributed by atoms with Crippen LogP contribution in [-0.2, 0) is 22.6 Å². The molecule has 1 saturated carbocycles. The second-order valence-electron chi connectivity index (χ2n) is 11.0. The van der Waals surface area contributed by atoms with Crippen LogP contribution in [0.1, 0.15) is 34.5 Å². The number of benzene rings is 1. The van der Waals surface area contributed by atoms with Crippen molar-refractivity contribution < 1.29 is 23.8 Å². The molecule has 5 heterocycles. The number of carboxylic acid groups (broad SMARTS) is 1. The first kappa shape index (κ1) is 27.6. The number of halogens is 1. The molecule has 3 N–H and O–H groups in total. The smallest absolute Gasteiger partial charge is 0.290 e. The number of anilines is 3. The van der Waals surface area contributed by atoms with Gasteiger partial charge >= 0.3 is 0 Å². The Labute approximate surface area is 241 Å². The molecule has 11 nitrogen and oxygen atoms in total. The van der Waals surface area contributed by atoms with Crippen molar-refractivity contribution in [1.82, 2.24) is 24.6 Å². The highest BCUT2D eigenvalue weighted by atomic mass is 19.1. The molecule has 3 aromatic heterocycles. The summed E-state index contributed by atoms with van der Waals surface area (Å²) in [7, 11) is 4.08. The predicted molar refractivity (Wildman–Crippen MR) is 155 cm³/mol. The first-order chi connectivity index (χ1) is 20.3. The van der Waals surface area contributed by atoms with Crippen molar-refractivity contribution in [2.24, 2.45) is 0 Å². The maximum absolute atomic E-state index is 13.7. The van der Waals surface area contributed by atoms with Crippen LogP contribution in [0.5, 0.6) is 0 Å². The van der Waals surface area contributed by atoms with E-state index in [2.05, 4.69) is 31.5 Å². The van der Waals surface area contributed by atoms with Crippen LogP contribution < -0.4 is 15.5 Å². The quantitative estimate of drug-likeness (QED) is 0.297. The lowest BCUT2D eigenvalue weighted by Gasteiger charge is -2.36. The molecule has 1 amide bonds. The van der Waals surface area contributed by atoms with Gasteiger partial charge in [0.25, 0.3) is 12.4 Å². The number of fused-ring (bicyclic) bond motifs is 2. The van der Waals surface area contributed by atoms with Crippen molar-refractivity contribution in [2.45, 2.75) is 31.5 Å². The molecule has 0 atom stereocenters. The van der Waals surface area contributed by atoms with E-state index in [0.717, 1.165) is 60.7 Å². The molecule has 2 fully saturated rings. The van der Waals surface area contributed by atoms with E-state index in [4.69, 9.17) is 19.6 Å². The summed E-state index contributed by atoms with van der Waals surface area (Å²) in [6.45, 7) is 3.33. The number of imidazole rings is 1. The van der Waals surface area contributed by atoms with Crippen LogP contribution in [0.3, 0.4) is 0 Å². The number of nitrogens with one attached hydrogen (secondary N) is 2. The Kier molecular flexibility index (Phi) is 7.25. The molecule has 42 heavy (non-hydrogen) atoms. The van der Waals surface area contributed by atoms with Crippen LogP contribution in [0.15, 0.2) is 48.8 Å². The predicted octanol–water partition coefficient (Wildman–Crippen LogP) is 3.65. The standard InChI is InChI=1S/C29H30FN7O2.CH2O2/c1-35(2)16-22-23(36-11-12-39-29(17-36)8-9-29)5-6-25(34-22)33-21-4-3-19(20-14-32-28(38)27(20)21)24-15-31-26-13-18(30)7-10-37(24)26;2-1-3/h3-7,10,13,15H,8-9,11-12,14,16-17H2,1-2H3,(H,32,38)(H,33,34);1H,(H,2,3). The third-order valence-corrected chi connectivity index (χ3v) is 7.79. The van der Waals surface area contributed by atoms with E-state index < -0.39 is 0 Å². The second-order valence-corrected chi connectivity index (χ2v) is 11.0. The summed E-state index contributed by atoms with van der Waals surface area (Å²) in [5.41, 5.74) is 6.51. The fourth-order valence-corrected chi connectivity index (χ4v) is 5.74. The molecular formula is C30H32FN7O4. The van der Waals surface area contributed by atoms with Crippen molar-refractivity contribution in [2.75, 3.05) is 44.0 Å². The van der Waals surface area contributed by atoms with Crippen LogP contribution in [0.4, 0.5) is 21.6 Å². The van der Waals surface area contributed by atoms with E-state index in [1.807, 2.05) is 36.7 Å². The molecule has 2 aliphatic heterocycles. The van der Waals surface area contributed by atoms with Gasteiger partial charge in [-0.2, -0.15) is 0 Å². The van der Waals surface area contributed by atoms with Gasteiger partial charge in [-0.1, -0.05) is 6.07 Å². The third kappa shape index (κ3) is 5.26. The van der Waals surface area contributed by atoms with Gasteiger partial charge in [-0.25, -0.2) is 14.4 Å². The molecule has 12 heteroatoms.